The van der Waals surface area contributed by atoms with Crippen molar-refractivity contribution in [2.45, 2.75) is 49.8 Å². The minimum Gasteiger partial charge on any atom is -0.497 e. The number of ether oxygens (including phenoxy) is 1. The lowest BCUT2D eigenvalue weighted by Gasteiger charge is -2.31. The molecule has 0 spiro atoms. The summed E-state index contributed by atoms with van der Waals surface area (Å²) in [6.45, 7) is 5.60. The molecular weight excluding hydrogens is 458 g/mol. The largest absolute Gasteiger partial charge is 0.497 e. The summed E-state index contributed by atoms with van der Waals surface area (Å²) >= 11 is 1.22. The number of carbonyl (C=O) groups is 1. The third-order valence-electron chi connectivity index (χ3n) is 5.95. The maximum Gasteiger partial charge on any atom is 0.252 e. The predicted molar refractivity (Wildman–Crippen MR) is 132 cm³/mol. The number of unbranched alkanes of at least 4 members (excludes halogenated alkanes) is 2. The van der Waals surface area contributed by atoms with E-state index >= 15 is 0 Å². The molecular formula is C24H35N3O4S2. The van der Waals surface area contributed by atoms with E-state index in [1.807, 2.05) is 0 Å². The molecule has 2 heterocycles. The average molecular weight is 494 g/mol. The number of sulfonamides is 1. The summed E-state index contributed by atoms with van der Waals surface area (Å²) < 4.78 is 33.3. The maximum absolute atomic E-state index is 13.1. The van der Waals surface area contributed by atoms with Gasteiger partial charge in [-0.25, -0.2) is 8.42 Å². The van der Waals surface area contributed by atoms with E-state index in [4.69, 9.17) is 4.74 Å². The summed E-state index contributed by atoms with van der Waals surface area (Å²) in [5, 5.41) is 6.36. The van der Waals surface area contributed by atoms with Crippen molar-refractivity contribution in [1.29, 1.82) is 0 Å². The molecule has 0 saturated carbocycles. The fourth-order valence-electron chi connectivity index (χ4n) is 3.91. The molecule has 2 N–H and O–H groups in total. The van der Waals surface area contributed by atoms with Gasteiger partial charge in [-0.2, -0.15) is 4.31 Å². The molecule has 0 bridgehead atoms. The van der Waals surface area contributed by atoms with Crippen LogP contribution in [0.2, 0.25) is 0 Å². The first-order valence-electron chi connectivity index (χ1n) is 11.7. The minimum atomic E-state index is -3.49. The van der Waals surface area contributed by atoms with Crippen molar-refractivity contribution in [2.75, 3.05) is 33.3 Å². The van der Waals surface area contributed by atoms with E-state index in [1.54, 1.807) is 47.8 Å². The van der Waals surface area contributed by atoms with Crippen LogP contribution in [0, 0.1) is 5.92 Å². The first-order valence-corrected chi connectivity index (χ1v) is 13.9. The molecule has 0 aliphatic carbocycles. The number of nitrogens with one attached hydrogen (secondary N) is 2. The number of hydrogen-bond acceptors (Lipinski definition) is 6. The van der Waals surface area contributed by atoms with Crippen molar-refractivity contribution in [3.8, 4) is 5.75 Å². The van der Waals surface area contributed by atoms with Crippen molar-refractivity contribution in [2.24, 2.45) is 5.92 Å². The number of carbonyl (C=O) groups excluding carboxylic acids is 1. The van der Waals surface area contributed by atoms with Gasteiger partial charge in [0.05, 0.1) is 13.7 Å². The standard InChI is InChI=1S/C24H35N3O4S2/c1-3-4-5-13-25-17-19-11-14-27(15-12-19)33(29,30)23-10-9-22(32-23)18-26-24(28)20-7-6-8-21(16-20)31-2/h6-10,16,19,25H,3-5,11-15,17-18H2,1-2H3,(H,26,28). The van der Waals surface area contributed by atoms with Gasteiger partial charge in [-0.05, 0) is 68.6 Å². The van der Waals surface area contributed by atoms with E-state index < -0.39 is 10.0 Å². The summed E-state index contributed by atoms with van der Waals surface area (Å²) in [6, 6.07) is 10.3. The highest BCUT2D eigenvalue weighted by Crippen LogP contribution is 2.28. The first kappa shape index (κ1) is 25.7. The van der Waals surface area contributed by atoms with E-state index in [0.29, 0.717) is 34.5 Å². The highest BCUT2D eigenvalue weighted by molar-refractivity contribution is 7.91. The highest BCUT2D eigenvalue weighted by atomic mass is 32.2. The molecule has 0 atom stereocenters. The summed E-state index contributed by atoms with van der Waals surface area (Å²) in [5.74, 6) is 0.920. The van der Waals surface area contributed by atoms with Crippen LogP contribution in [0.25, 0.3) is 0 Å². The van der Waals surface area contributed by atoms with Gasteiger partial charge in [0.15, 0.2) is 0 Å². The molecule has 1 aliphatic heterocycles. The summed E-state index contributed by atoms with van der Waals surface area (Å²) in [6.07, 6.45) is 5.43. The second kappa shape index (κ2) is 12.5. The van der Waals surface area contributed by atoms with Gasteiger partial charge in [0, 0.05) is 23.5 Å². The Morgan fingerprint density at radius 2 is 1.97 bits per heavy atom. The second-order valence-electron chi connectivity index (χ2n) is 8.39. The fraction of sp³-hybridized carbons (Fsp3) is 0.542. The third-order valence-corrected chi connectivity index (χ3v) is 9.40. The zero-order valence-electron chi connectivity index (χ0n) is 19.5. The third kappa shape index (κ3) is 7.27. The van der Waals surface area contributed by atoms with Gasteiger partial charge in [-0.3, -0.25) is 4.79 Å². The van der Waals surface area contributed by atoms with Crippen LogP contribution in [0.15, 0.2) is 40.6 Å². The molecule has 33 heavy (non-hydrogen) atoms. The van der Waals surface area contributed by atoms with E-state index in [2.05, 4.69) is 17.6 Å². The second-order valence-corrected chi connectivity index (χ2v) is 11.7. The lowest BCUT2D eigenvalue weighted by molar-refractivity contribution is 0.0951. The summed E-state index contributed by atoms with van der Waals surface area (Å²) in [4.78, 5) is 13.2. The molecule has 1 saturated heterocycles. The van der Waals surface area contributed by atoms with Gasteiger partial charge in [-0.1, -0.05) is 25.8 Å². The Morgan fingerprint density at radius 1 is 1.18 bits per heavy atom. The molecule has 182 valence electrons. The van der Waals surface area contributed by atoms with E-state index in [-0.39, 0.29) is 12.5 Å². The zero-order chi connectivity index (χ0) is 23.7. The van der Waals surface area contributed by atoms with Gasteiger partial charge in [0.25, 0.3) is 15.9 Å². The molecule has 7 nitrogen and oxygen atoms in total. The van der Waals surface area contributed by atoms with Crippen molar-refractivity contribution >= 4 is 27.3 Å². The van der Waals surface area contributed by atoms with Crippen LogP contribution >= 0.6 is 11.3 Å². The van der Waals surface area contributed by atoms with Crippen LogP contribution in [0.1, 0.15) is 54.3 Å². The number of methoxy groups -OCH3 is 1. The molecule has 0 unspecified atom stereocenters. The van der Waals surface area contributed by atoms with Crippen molar-refractivity contribution in [3.05, 3.63) is 46.8 Å². The number of amides is 1. The summed E-state index contributed by atoms with van der Waals surface area (Å²) in [7, 11) is -1.94. The topological polar surface area (TPSA) is 87.7 Å². The Morgan fingerprint density at radius 3 is 2.70 bits per heavy atom. The molecule has 9 heteroatoms. The minimum absolute atomic E-state index is 0.225. The lowest BCUT2D eigenvalue weighted by Crippen LogP contribution is -2.40. The molecule has 1 amide bonds. The Kier molecular flexibility index (Phi) is 9.73. The lowest BCUT2D eigenvalue weighted by atomic mass is 9.98. The molecule has 0 radical (unpaired) electrons. The van der Waals surface area contributed by atoms with Gasteiger partial charge < -0.3 is 15.4 Å². The van der Waals surface area contributed by atoms with Crippen LogP contribution < -0.4 is 15.4 Å². The number of hydrogen-bond donors (Lipinski definition) is 2. The normalized spacial score (nSPS) is 15.5. The van der Waals surface area contributed by atoms with Crippen LogP contribution in [0.4, 0.5) is 0 Å². The number of thiophene rings is 1. The van der Waals surface area contributed by atoms with Crippen LogP contribution in [-0.4, -0.2) is 51.9 Å². The molecule has 3 rings (SSSR count). The maximum atomic E-state index is 13.1. The number of piperidine rings is 1. The number of benzene rings is 1. The van der Waals surface area contributed by atoms with Crippen LogP contribution in [0.3, 0.4) is 0 Å². The Balaban J connectivity index is 1.48. The van der Waals surface area contributed by atoms with Crippen molar-refractivity contribution in [1.82, 2.24) is 14.9 Å². The predicted octanol–water partition coefficient (Wildman–Crippen LogP) is 3.87. The molecule has 1 fully saturated rings. The fourth-order valence-corrected chi connectivity index (χ4v) is 6.83. The highest BCUT2D eigenvalue weighted by Gasteiger charge is 2.30. The number of nitrogens with zero attached hydrogens (tertiary/aromatic N) is 1. The van der Waals surface area contributed by atoms with Crippen molar-refractivity contribution < 1.29 is 17.9 Å². The van der Waals surface area contributed by atoms with Gasteiger partial charge in [0.1, 0.15) is 9.96 Å². The van der Waals surface area contributed by atoms with E-state index in [9.17, 15) is 13.2 Å². The Hall–Kier alpha value is -1.94. The van der Waals surface area contributed by atoms with Gasteiger partial charge >= 0.3 is 0 Å². The average Bonchev–Trinajstić information content (AvgIpc) is 3.33. The zero-order valence-corrected chi connectivity index (χ0v) is 21.1. The smallest absolute Gasteiger partial charge is 0.252 e. The molecule has 1 aliphatic rings. The Labute approximate surface area is 201 Å². The monoisotopic (exact) mass is 493 g/mol. The van der Waals surface area contributed by atoms with Crippen molar-refractivity contribution in [3.63, 3.8) is 0 Å². The van der Waals surface area contributed by atoms with E-state index in [1.165, 1.54) is 30.6 Å². The van der Waals surface area contributed by atoms with Gasteiger partial charge in [0.2, 0.25) is 0 Å². The number of rotatable bonds is 12. The quantitative estimate of drug-likeness (QED) is 0.438. The molecule has 1 aromatic carbocycles. The summed E-state index contributed by atoms with van der Waals surface area (Å²) in [5.41, 5.74) is 0.501. The van der Waals surface area contributed by atoms with E-state index in [0.717, 1.165) is 30.8 Å². The molecule has 2 aromatic rings. The van der Waals surface area contributed by atoms with Gasteiger partial charge in [-0.15, -0.1) is 11.3 Å². The molecule has 1 aromatic heterocycles. The van der Waals surface area contributed by atoms with Crippen LogP contribution in [-0.2, 0) is 16.6 Å². The van der Waals surface area contributed by atoms with Crippen LogP contribution in [0.5, 0.6) is 5.75 Å². The first-order chi connectivity index (χ1) is 15.9. The SMILES string of the molecule is CCCCCNCC1CCN(S(=O)(=O)c2ccc(CNC(=O)c3cccc(OC)c3)s2)CC1. The Bertz CT molecular complexity index is 999.